The second kappa shape index (κ2) is 9.43. The van der Waals surface area contributed by atoms with Crippen LogP contribution in [0.15, 0.2) is 53.3 Å². The average molecular weight is 428 g/mol. The number of aromatic nitrogens is 7. The van der Waals surface area contributed by atoms with E-state index in [1.54, 1.807) is 4.57 Å². The molecule has 0 saturated heterocycles. The van der Waals surface area contributed by atoms with Gasteiger partial charge in [0.15, 0.2) is 0 Å². The Morgan fingerprint density at radius 3 is 2.53 bits per heavy atom. The van der Waals surface area contributed by atoms with E-state index in [1.807, 2.05) is 69.3 Å². The molecule has 4 aromatic rings. The summed E-state index contributed by atoms with van der Waals surface area (Å²) >= 11 is 0. The summed E-state index contributed by atoms with van der Waals surface area (Å²) in [6.45, 7) is 6.44. The fraction of sp³-hybridized carbons (Fsp3) is 0.292. The van der Waals surface area contributed by atoms with Crippen molar-refractivity contribution in [2.45, 2.75) is 46.2 Å². The van der Waals surface area contributed by atoms with E-state index >= 15 is 0 Å². The zero-order chi connectivity index (χ0) is 22.5. The third kappa shape index (κ3) is 4.37. The lowest BCUT2D eigenvalue weighted by Gasteiger charge is -2.07. The number of hydrogen-bond acceptors (Lipinski definition) is 5. The first-order valence-corrected chi connectivity index (χ1v) is 10.7. The number of rotatable bonds is 6. The Balaban J connectivity index is 1.62. The highest BCUT2D eigenvalue weighted by Gasteiger charge is 2.16. The topological polar surface area (TPSA) is 94.3 Å². The van der Waals surface area contributed by atoms with E-state index in [2.05, 4.69) is 37.6 Å². The van der Waals surface area contributed by atoms with E-state index in [9.17, 15) is 4.79 Å². The molecule has 32 heavy (non-hydrogen) atoms. The van der Waals surface area contributed by atoms with Gasteiger partial charge in [-0.1, -0.05) is 62.2 Å². The minimum Gasteiger partial charge on any atom is -0.264 e. The summed E-state index contributed by atoms with van der Waals surface area (Å²) in [5, 5.41) is 18.7. The van der Waals surface area contributed by atoms with Gasteiger partial charge in [0.1, 0.15) is 0 Å². The number of hydrogen-bond donors (Lipinski definition) is 1. The number of aromatic amines is 1. The Morgan fingerprint density at radius 2 is 1.84 bits per heavy atom. The lowest BCUT2D eigenvalue weighted by Crippen LogP contribution is -2.27. The van der Waals surface area contributed by atoms with Gasteiger partial charge >= 0.3 is 5.69 Å². The highest BCUT2D eigenvalue weighted by Crippen LogP contribution is 2.24. The molecule has 0 aliphatic rings. The van der Waals surface area contributed by atoms with Gasteiger partial charge in [-0.05, 0) is 47.2 Å². The van der Waals surface area contributed by atoms with Crippen molar-refractivity contribution in [3.05, 3.63) is 70.4 Å². The summed E-state index contributed by atoms with van der Waals surface area (Å²) in [7, 11) is 0. The Hall–Kier alpha value is -3.99. The molecule has 0 aliphatic heterocycles. The predicted molar refractivity (Wildman–Crippen MR) is 123 cm³/mol. The van der Waals surface area contributed by atoms with E-state index in [4.69, 9.17) is 0 Å². The minimum absolute atomic E-state index is 0.0276. The van der Waals surface area contributed by atoms with Crippen LogP contribution in [0.3, 0.4) is 0 Å². The second-order valence-corrected chi connectivity index (χ2v) is 7.56. The number of H-pyrrole nitrogens is 1. The van der Waals surface area contributed by atoms with E-state index in [1.165, 1.54) is 4.68 Å². The van der Waals surface area contributed by atoms with Crippen LogP contribution in [-0.4, -0.2) is 35.0 Å². The summed E-state index contributed by atoms with van der Waals surface area (Å²) < 4.78 is 3.19. The normalized spacial score (nSPS) is 11.7. The van der Waals surface area contributed by atoms with Crippen molar-refractivity contribution in [3.8, 4) is 34.4 Å². The molecule has 2 aromatic heterocycles. The fourth-order valence-corrected chi connectivity index (χ4v) is 3.38. The number of nitrogens with zero attached hydrogens (tertiary/aromatic N) is 6. The van der Waals surface area contributed by atoms with Crippen LogP contribution < -0.4 is 5.69 Å². The lowest BCUT2D eigenvalue weighted by atomic mass is 10.0. The van der Waals surface area contributed by atoms with Gasteiger partial charge in [0.2, 0.25) is 11.6 Å². The van der Waals surface area contributed by atoms with Gasteiger partial charge in [-0.2, -0.15) is 5.21 Å². The van der Waals surface area contributed by atoms with E-state index in [0.29, 0.717) is 24.6 Å². The van der Waals surface area contributed by atoms with Crippen molar-refractivity contribution in [1.29, 1.82) is 0 Å². The molecular formula is C24H25N7O. The number of nitrogens with one attached hydrogen (secondary N) is 1. The predicted octanol–water partition coefficient (Wildman–Crippen LogP) is 3.67. The van der Waals surface area contributed by atoms with Crippen molar-refractivity contribution >= 4 is 0 Å². The molecule has 0 radical (unpaired) electrons. The molecule has 0 fully saturated rings. The smallest absolute Gasteiger partial charge is 0.264 e. The first-order valence-electron chi connectivity index (χ1n) is 10.7. The molecule has 1 N–H and O–H groups in total. The van der Waals surface area contributed by atoms with Gasteiger partial charge in [-0.15, -0.1) is 15.3 Å². The maximum atomic E-state index is 13.0. The van der Waals surface area contributed by atoms with Crippen LogP contribution in [0.5, 0.6) is 0 Å². The number of tetrazole rings is 1. The van der Waals surface area contributed by atoms with Crippen LogP contribution in [0.25, 0.3) is 22.5 Å². The Morgan fingerprint density at radius 1 is 1.06 bits per heavy atom. The zero-order valence-corrected chi connectivity index (χ0v) is 18.4. The first kappa shape index (κ1) is 21.2. The van der Waals surface area contributed by atoms with Crippen LogP contribution in [0, 0.1) is 11.8 Å². The Kier molecular flexibility index (Phi) is 6.26. The molecule has 0 aliphatic carbocycles. The molecule has 8 nitrogen and oxygen atoms in total. The van der Waals surface area contributed by atoms with E-state index in [-0.39, 0.29) is 11.7 Å². The van der Waals surface area contributed by atoms with Crippen molar-refractivity contribution in [1.82, 2.24) is 35.0 Å². The average Bonchev–Trinajstić information content (AvgIpc) is 3.47. The largest absolute Gasteiger partial charge is 0.347 e. The van der Waals surface area contributed by atoms with Crippen LogP contribution in [0.4, 0.5) is 0 Å². The van der Waals surface area contributed by atoms with Crippen molar-refractivity contribution in [2.75, 3.05) is 0 Å². The van der Waals surface area contributed by atoms with Crippen molar-refractivity contribution < 1.29 is 0 Å². The summed E-state index contributed by atoms with van der Waals surface area (Å²) in [5.41, 5.74) is 3.89. The van der Waals surface area contributed by atoms with Gasteiger partial charge < -0.3 is 0 Å². The van der Waals surface area contributed by atoms with Gasteiger partial charge in [0.25, 0.3) is 0 Å². The fourth-order valence-electron chi connectivity index (χ4n) is 3.38. The zero-order valence-electron chi connectivity index (χ0n) is 18.4. The van der Waals surface area contributed by atoms with Crippen LogP contribution >= 0.6 is 0 Å². The summed E-state index contributed by atoms with van der Waals surface area (Å²) in [6.07, 6.45) is 1.54. The summed E-state index contributed by atoms with van der Waals surface area (Å²) in [5.74, 6) is 7.14. The highest BCUT2D eigenvalue weighted by molar-refractivity contribution is 5.70. The molecule has 0 saturated carbocycles. The van der Waals surface area contributed by atoms with Crippen LogP contribution in [0.2, 0.25) is 0 Å². The third-order valence-electron chi connectivity index (χ3n) is 5.36. The molecule has 8 heteroatoms. The first-order chi connectivity index (χ1) is 15.6. The standard InChI is InChI=1S/C24H25N7O/c1-4-6-10-22-27-31(17(3)5-2)24(32)30(22)16-18-11-13-19(14-12-18)20-8-7-9-21(15-20)23-25-28-29-26-23/h7-9,11-15,17H,4-5,16H2,1-3H3,(H,25,26,28,29). The molecular weight excluding hydrogens is 402 g/mol. The molecule has 1 atom stereocenters. The van der Waals surface area contributed by atoms with Gasteiger partial charge in [0, 0.05) is 12.0 Å². The molecule has 162 valence electrons. The molecule has 2 heterocycles. The Labute approximate surface area is 186 Å². The quantitative estimate of drug-likeness (QED) is 0.474. The van der Waals surface area contributed by atoms with E-state index in [0.717, 1.165) is 28.7 Å². The van der Waals surface area contributed by atoms with Gasteiger partial charge in [-0.25, -0.2) is 9.48 Å². The van der Waals surface area contributed by atoms with Crippen molar-refractivity contribution in [3.63, 3.8) is 0 Å². The van der Waals surface area contributed by atoms with Crippen molar-refractivity contribution in [2.24, 2.45) is 0 Å². The second-order valence-electron chi connectivity index (χ2n) is 7.56. The van der Waals surface area contributed by atoms with Gasteiger partial charge in [0.05, 0.1) is 12.6 Å². The molecule has 0 bridgehead atoms. The molecule has 2 aromatic carbocycles. The maximum absolute atomic E-state index is 13.0. The highest BCUT2D eigenvalue weighted by atomic mass is 16.2. The molecule has 4 rings (SSSR count). The summed E-state index contributed by atoms with van der Waals surface area (Å²) in [4.78, 5) is 13.0. The van der Waals surface area contributed by atoms with Crippen LogP contribution in [0.1, 0.15) is 51.0 Å². The minimum atomic E-state index is -0.128. The summed E-state index contributed by atoms with van der Waals surface area (Å²) in [6, 6.07) is 16.2. The Bertz CT molecular complexity index is 1310. The molecule has 0 amide bonds. The number of benzene rings is 2. The van der Waals surface area contributed by atoms with Crippen LogP contribution in [-0.2, 0) is 6.54 Å². The van der Waals surface area contributed by atoms with E-state index < -0.39 is 0 Å². The third-order valence-corrected chi connectivity index (χ3v) is 5.36. The monoisotopic (exact) mass is 427 g/mol. The molecule has 1 unspecified atom stereocenters. The SMILES string of the molecule is CCC#Cc1nn(C(C)CC)c(=O)n1Cc1ccc(-c2cccc(-c3nn[nH]n3)c2)cc1. The van der Waals surface area contributed by atoms with Gasteiger partial charge in [-0.3, -0.25) is 4.57 Å². The lowest BCUT2D eigenvalue weighted by molar-refractivity contribution is 0.457. The molecule has 0 spiro atoms. The maximum Gasteiger partial charge on any atom is 0.347 e.